The zero-order valence-corrected chi connectivity index (χ0v) is 28.7. The fraction of sp³-hybridized carbons (Fsp3) is 0.278. The Morgan fingerprint density at radius 3 is 2.07 bits per heavy atom. The van der Waals surface area contributed by atoms with E-state index >= 15 is 0 Å². The third kappa shape index (κ3) is 8.90. The highest BCUT2D eigenvalue weighted by molar-refractivity contribution is 7.92. The molecule has 10 heteroatoms. The van der Waals surface area contributed by atoms with Crippen LogP contribution in [0.15, 0.2) is 102 Å². The first kappa shape index (κ1) is 35.0. The van der Waals surface area contributed by atoms with E-state index in [1.54, 1.807) is 42.5 Å². The van der Waals surface area contributed by atoms with Gasteiger partial charge in [0.25, 0.3) is 10.0 Å². The van der Waals surface area contributed by atoms with Gasteiger partial charge in [-0.15, -0.1) is 0 Å². The lowest BCUT2D eigenvalue weighted by atomic mass is 10.0. The van der Waals surface area contributed by atoms with Gasteiger partial charge in [0.05, 0.1) is 20.6 Å². The van der Waals surface area contributed by atoms with Crippen molar-refractivity contribution >= 4 is 50.7 Å². The zero-order chi connectivity index (χ0) is 33.4. The van der Waals surface area contributed by atoms with Gasteiger partial charge in [-0.25, -0.2) is 8.42 Å². The molecule has 4 aromatic rings. The second kappa shape index (κ2) is 15.6. The number of nitrogens with one attached hydrogen (secondary N) is 1. The van der Waals surface area contributed by atoms with Crippen molar-refractivity contribution in [1.82, 2.24) is 10.2 Å². The molecule has 0 spiro atoms. The van der Waals surface area contributed by atoms with E-state index in [2.05, 4.69) is 5.32 Å². The van der Waals surface area contributed by atoms with Crippen LogP contribution in [0.25, 0.3) is 0 Å². The van der Waals surface area contributed by atoms with E-state index in [-0.39, 0.29) is 29.7 Å². The molecule has 0 saturated carbocycles. The summed E-state index contributed by atoms with van der Waals surface area (Å²) in [5.74, 6) is -0.710. The van der Waals surface area contributed by atoms with E-state index in [1.807, 2.05) is 70.2 Å². The molecule has 0 aliphatic carbocycles. The van der Waals surface area contributed by atoms with Crippen molar-refractivity contribution in [3.05, 3.63) is 129 Å². The zero-order valence-electron chi connectivity index (χ0n) is 26.4. The minimum atomic E-state index is -4.18. The fourth-order valence-corrected chi connectivity index (χ4v) is 6.95. The maximum absolute atomic E-state index is 14.6. The molecular weight excluding hydrogens is 641 g/mol. The Bertz CT molecular complexity index is 1770. The Morgan fingerprint density at radius 2 is 1.46 bits per heavy atom. The van der Waals surface area contributed by atoms with E-state index < -0.39 is 28.5 Å². The van der Waals surface area contributed by atoms with Gasteiger partial charge in [0.2, 0.25) is 11.8 Å². The summed E-state index contributed by atoms with van der Waals surface area (Å²) in [5.41, 5.74) is 3.51. The summed E-state index contributed by atoms with van der Waals surface area (Å²) in [7, 11) is -4.18. The Labute approximate surface area is 282 Å². The first-order valence-corrected chi connectivity index (χ1v) is 17.3. The minimum Gasteiger partial charge on any atom is -0.354 e. The molecule has 0 unspecified atom stereocenters. The van der Waals surface area contributed by atoms with Crippen LogP contribution in [0.2, 0.25) is 10.0 Å². The Morgan fingerprint density at radius 1 is 0.804 bits per heavy atom. The van der Waals surface area contributed by atoms with Crippen LogP contribution in [0.3, 0.4) is 0 Å². The first-order chi connectivity index (χ1) is 21.9. The topological polar surface area (TPSA) is 86.8 Å². The number of nitrogens with zero attached hydrogens (tertiary/aromatic N) is 2. The van der Waals surface area contributed by atoms with Crippen molar-refractivity contribution in [1.29, 1.82) is 0 Å². The van der Waals surface area contributed by atoms with Crippen molar-refractivity contribution < 1.29 is 18.0 Å². The normalized spacial score (nSPS) is 12.1. The number of halogens is 2. The summed E-state index contributed by atoms with van der Waals surface area (Å²) in [4.78, 5) is 30.0. The molecule has 7 nitrogen and oxygen atoms in total. The largest absolute Gasteiger partial charge is 0.354 e. The molecule has 2 amide bonds. The van der Waals surface area contributed by atoms with Gasteiger partial charge in [-0.1, -0.05) is 109 Å². The van der Waals surface area contributed by atoms with Crippen LogP contribution in [-0.2, 0) is 32.6 Å². The smallest absolute Gasteiger partial charge is 0.264 e. The lowest BCUT2D eigenvalue weighted by Crippen LogP contribution is -2.53. The van der Waals surface area contributed by atoms with Crippen LogP contribution in [0.5, 0.6) is 0 Å². The Kier molecular flexibility index (Phi) is 11.9. The van der Waals surface area contributed by atoms with E-state index in [4.69, 9.17) is 23.2 Å². The standard InChI is InChI=1S/C36H39Cl2N3O4S/c1-25(2)22-39-36(43)34(21-28-11-7-5-8-12-28)40(23-29-16-17-31(37)32(38)20-29)35(42)24-41(33-18-15-26(3)19-27(33)4)46(44,45)30-13-9-6-10-14-30/h5-20,25,34H,21-24H2,1-4H3,(H,39,43)/t34-/m0/s1. The minimum absolute atomic E-state index is 0.00553. The molecule has 1 atom stereocenters. The molecular formula is C36H39Cl2N3O4S. The highest BCUT2D eigenvalue weighted by Crippen LogP contribution is 2.29. The van der Waals surface area contributed by atoms with Crippen LogP contribution in [0.1, 0.15) is 36.1 Å². The third-order valence-electron chi connectivity index (χ3n) is 7.52. The molecule has 0 radical (unpaired) electrons. The number of hydrogen-bond acceptors (Lipinski definition) is 4. The van der Waals surface area contributed by atoms with Gasteiger partial charge in [0.15, 0.2) is 0 Å². The molecule has 4 rings (SSSR count). The van der Waals surface area contributed by atoms with Gasteiger partial charge in [-0.3, -0.25) is 13.9 Å². The van der Waals surface area contributed by atoms with Gasteiger partial charge in [-0.05, 0) is 66.8 Å². The predicted molar refractivity (Wildman–Crippen MR) is 186 cm³/mol. The number of amides is 2. The van der Waals surface area contributed by atoms with Crippen LogP contribution in [-0.4, -0.2) is 44.3 Å². The van der Waals surface area contributed by atoms with Crippen LogP contribution < -0.4 is 9.62 Å². The number of hydrogen-bond donors (Lipinski definition) is 1. The van der Waals surface area contributed by atoms with Gasteiger partial charge >= 0.3 is 0 Å². The lowest BCUT2D eigenvalue weighted by molar-refractivity contribution is -0.140. The van der Waals surface area contributed by atoms with Crippen LogP contribution in [0, 0.1) is 19.8 Å². The maximum Gasteiger partial charge on any atom is 0.264 e. The molecule has 0 aliphatic heterocycles. The van der Waals surface area contributed by atoms with Crippen molar-refractivity contribution in [2.75, 3.05) is 17.4 Å². The number of aryl methyl sites for hydroxylation is 2. The van der Waals surface area contributed by atoms with Crippen molar-refractivity contribution in [2.45, 2.75) is 51.6 Å². The van der Waals surface area contributed by atoms with Crippen molar-refractivity contribution in [2.24, 2.45) is 5.92 Å². The summed E-state index contributed by atoms with van der Waals surface area (Å²) >= 11 is 12.5. The van der Waals surface area contributed by atoms with Gasteiger partial charge < -0.3 is 10.2 Å². The Balaban J connectivity index is 1.83. The SMILES string of the molecule is Cc1ccc(N(CC(=O)N(Cc2ccc(Cl)c(Cl)c2)[C@@H](Cc2ccccc2)C(=O)NCC(C)C)S(=O)(=O)c2ccccc2)c(C)c1. The summed E-state index contributed by atoms with van der Waals surface area (Å²) in [6.07, 6.45) is 0.215. The van der Waals surface area contributed by atoms with Crippen LogP contribution >= 0.6 is 23.2 Å². The summed E-state index contributed by atoms with van der Waals surface area (Å²) in [5, 5.41) is 3.65. The fourth-order valence-electron chi connectivity index (χ4n) is 5.13. The molecule has 0 bridgehead atoms. The average molecular weight is 681 g/mol. The average Bonchev–Trinajstić information content (AvgIpc) is 3.03. The monoisotopic (exact) mass is 679 g/mol. The highest BCUT2D eigenvalue weighted by atomic mass is 35.5. The number of anilines is 1. The summed E-state index contributed by atoms with van der Waals surface area (Å²) in [6.45, 7) is 7.57. The summed E-state index contributed by atoms with van der Waals surface area (Å²) < 4.78 is 29.5. The van der Waals surface area contributed by atoms with Crippen molar-refractivity contribution in [3.8, 4) is 0 Å². The van der Waals surface area contributed by atoms with Gasteiger partial charge in [0.1, 0.15) is 12.6 Å². The van der Waals surface area contributed by atoms with E-state index in [0.717, 1.165) is 15.4 Å². The molecule has 46 heavy (non-hydrogen) atoms. The number of carbonyl (C=O) groups excluding carboxylic acids is 2. The number of benzene rings is 4. The number of carbonyl (C=O) groups is 2. The first-order valence-electron chi connectivity index (χ1n) is 15.1. The van der Waals surface area contributed by atoms with E-state index in [0.29, 0.717) is 33.4 Å². The van der Waals surface area contributed by atoms with Crippen LogP contribution in [0.4, 0.5) is 5.69 Å². The highest BCUT2D eigenvalue weighted by Gasteiger charge is 2.35. The number of sulfonamides is 1. The summed E-state index contributed by atoms with van der Waals surface area (Å²) in [6, 6.07) is 26.9. The van der Waals surface area contributed by atoms with E-state index in [9.17, 15) is 18.0 Å². The molecule has 4 aromatic carbocycles. The lowest BCUT2D eigenvalue weighted by Gasteiger charge is -2.34. The quantitative estimate of drug-likeness (QED) is 0.162. The maximum atomic E-state index is 14.6. The van der Waals surface area contributed by atoms with Crippen molar-refractivity contribution in [3.63, 3.8) is 0 Å². The molecule has 0 aliphatic rings. The van der Waals surface area contributed by atoms with E-state index in [1.165, 1.54) is 17.0 Å². The third-order valence-corrected chi connectivity index (χ3v) is 10.0. The Hall–Kier alpha value is -3.85. The number of rotatable bonds is 13. The molecule has 1 N–H and O–H groups in total. The molecule has 242 valence electrons. The van der Waals surface area contributed by atoms with Gasteiger partial charge in [0, 0.05) is 19.5 Å². The molecule has 0 heterocycles. The second-order valence-electron chi connectivity index (χ2n) is 11.7. The second-order valence-corrected chi connectivity index (χ2v) is 14.4. The molecule has 0 saturated heterocycles. The molecule has 0 aromatic heterocycles. The van der Waals surface area contributed by atoms with Gasteiger partial charge in [-0.2, -0.15) is 0 Å². The predicted octanol–water partition coefficient (Wildman–Crippen LogP) is 7.22. The molecule has 0 fully saturated rings.